The maximum atomic E-state index is 12.6. The Bertz CT molecular complexity index is 799. The molecule has 1 amide bonds. The Morgan fingerprint density at radius 2 is 2.04 bits per heavy atom. The molecule has 1 N–H and O–H groups in total. The van der Waals surface area contributed by atoms with E-state index in [4.69, 9.17) is 16.6 Å². The fourth-order valence-electron chi connectivity index (χ4n) is 2.38. The largest absolute Gasteiger partial charge is 0.480 e. The molecule has 1 saturated heterocycles. The molecule has 1 aromatic carbocycles. The molecule has 2 aromatic rings. The van der Waals surface area contributed by atoms with Gasteiger partial charge in [-0.2, -0.15) is 0 Å². The number of furan rings is 1. The van der Waals surface area contributed by atoms with Gasteiger partial charge in [-0.3, -0.25) is 9.69 Å². The van der Waals surface area contributed by atoms with Crippen molar-refractivity contribution in [3.63, 3.8) is 0 Å². The van der Waals surface area contributed by atoms with Gasteiger partial charge in [-0.1, -0.05) is 54.3 Å². The highest BCUT2D eigenvalue weighted by Crippen LogP contribution is 2.34. The Balaban J connectivity index is 1.87. The van der Waals surface area contributed by atoms with Crippen LogP contribution in [0.15, 0.2) is 58.1 Å². The second kappa shape index (κ2) is 7.02. The Hall–Kier alpha value is -2.38. The number of hydrogen-bond acceptors (Lipinski definition) is 5. The van der Waals surface area contributed by atoms with Crippen molar-refractivity contribution in [1.29, 1.82) is 0 Å². The zero-order valence-electron chi connectivity index (χ0n) is 12.4. The highest BCUT2D eigenvalue weighted by molar-refractivity contribution is 8.26. The average Bonchev–Trinajstić information content (AvgIpc) is 3.16. The molecule has 1 aromatic heterocycles. The first-order chi connectivity index (χ1) is 11.6. The summed E-state index contributed by atoms with van der Waals surface area (Å²) in [5.41, 5.74) is 0.828. The molecule has 122 valence electrons. The number of aliphatic carboxylic acids is 1. The number of rotatable bonds is 5. The third kappa shape index (κ3) is 3.42. The Kier molecular flexibility index (Phi) is 4.82. The molecule has 1 fully saturated rings. The number of benzene rings is 1. The number of carboxylic acid groups (broad SMARTS) is 1. The first-order valence-corrected chi connectivity index (χ1v) is 8.36. The average molecular weight is 359 g/mol. The van der Waals surface area contributed by atoms with Gasteiger partial charge < -0.3 is 9.52 Å². The van der Waals surface area contributed by atoms with Crippen LogP contribution in [0.5, 0.6) is 0 Å². The first-order valence-electron chi connectivity index (χ1n) is 7.13. The lowest BCUT2D eigenvalue weighted by atomic mass is 10.0. The summed E-state index contributed by atoms with van der Waals surface area (Å²) in [7, 11) is 0. The number of thioether (sulfide) groups is 1. The minimum Gasteiger partial charge on any atom is -0.480 e. The smallest absolute Gasteiger partial charge is 0.327 e. The van der Waals surface area contributed by atoms with E-state index in [-0.39, 0.29) is 10.7 Å². The van der Waals surface area contributed by atoms with E-state index < -0.39 is 17.9 Å². The molecular formula is C17H13NO4S2. The molecule has 0 aliphatic carbocycles. The van der Waals surface area contributed by atoms with E-state index in [9.17, 15) is 14.7 Å². The van der Waals surface area contributed by atoms with Crippen LogP contribution in [0.1, 0.15) is 11.3 Å². The van der Waals surface area contributed by atoms with Gasteiger partial charge in [0.2, 0.25) is 0 Å². The van der Waals surface area contributed by atoms with Crippen molar-refractivity contribution in [1.82, 2.24) is 4.90 Å². The lowest BCUT2D eigenvalue weighted by molar-refractivity contribution is -0.145. The van der Waals surface area contributed by atoms with Gasteiger partial charge >= 0.3 is 5.97 Å². The molecule has 5 nitrogen and oxygen atoms in total. The van der Waals surface area contributed by atoms with Gasteiger partial charge in [0.15, 0.2) is 0 Å². The van der Waals surface area contributed by atoms with E-state index in [1.807, 2.05) is 30.3 Å². The maximum absolute atomic E-state index is 12.6. The van der Waals surface area contributed by atoms with Crippen LogP contribution >= 0.6 is 24.0 Å². The zero-order chi connectivity index (χ0) is 17.1. The van der Waals surface area contributed by atoms with Crippen LogP contribution in [-0.2, 0) is 16.0 Å². The van der Waals surface area contributed by atoms with Crippen molar-refractivity contribution in [2.75, 3.05) is 0 Å². The molecular weight excluding hydrogens is 346 g/mol. The van der Waals surface area contributed by atoms with Gasteiger partial charge in [-0.15, -0.1) is 0 Å². The van der Waals surface area contributed by atoms with Crippen molar-refractivity contribution >= 4 is 46.3 Å². The van der Waals surface area contributed by atoms with Gasteiger partial charge in [0.25, 0.3) is 5.91 Å². The highest BCUT2D eigenvalue weighted by Gasteiger charge is 2.40. The minimum atomic E-state index is -1.09. The summed E-state index contributed by atoms with van der Waals surface area (Å²) >= 11 is 6.32. The van der Waals surface area contributed by atoms with Crippen molar-refractivity contribution < 1.29 is 19.1 Å². The number of nitrogens with zero attached hydrogens (tertiary/aromatic N) is 1. The summed E-state index contributed by atoms with van der Waals surface area (Å²) in [6.07, 6.45) is 3.26. The summed E-state index contributed by atoms with van der Waals surface area (Å²) in [6.45, 7) is 0. The Morgan fingerprint density at radius 1 is 1.29 bits per heavy atom. The van der Waals surface area contributed by atoms with Crippen LogP contribution in [0.2, 0.25) is 0 Å². The van der Waals surface area contributed by atoms with E-state index in [0.717, 1.165) is 17.3 Å². The van der Waals surface area contributed by atoms with Crippen LogP contribution in [-0.4, -0.2) is 32.2 Å². The predicted molar refractivity (Wildman–Crippen MR) is 95.3 cm³/mol. The summed E-state index contributed by atoms with van der Waals surface area (Å²) in [5, 5.41) is 9.57. The van der Waals surface area contributed by atoms with Crippen molar-refractivity contribution in [2.24, 2.45) is 0 Å². The van der Waals surface area contributed by atoms with Gasteiger partial charge in [0, 0.05) is 12.5 Å². The molecule has 0 unspecified atom stereocenters. The predicted octanol–water partition coefficient (Wildman–Crippen LogP) is 3.18. The summed E-state index contributed by atoms with van der Waals surface area (Å²) in [6, 6.07) is 11.5. The summed E-state index contributed by atoms with van der Waals surface area (Å²) < 4.78 is 5.43. The van der Waals surface area contributed by atoms with Crippen molar-refractivity contribution in [3.05, 3.63) is 65.0 Å². The molecule has 0 radical (unpaired) electrons. The fourth-order valence-corrected chi connectivity index (χ4v) is 3.71. The summed E-state index contributed by atoms with van der Waals surface area (Å²) in [5.74, 6) is -0.982. The van der Waals surface area contributed by atoms with E-state index in [0.29, 0.717) is 10.7 Å². The van der Waals surface area contributed by atoms with E-state index in [1.165, 1.54) is 11.2 Å². The minimum absolute atomic E-state index is 0.191. The van der Waals surface area contributed by atoms with Crippen molar-refractivity contribution in [2.45, 2.75) is 12.5 Å². The van der Waals surface area contributed by atoms with Gasteiger partial charge in [-0.05, 0) is 17.7 Å². The molecule has 1 aliphatic rings. The summed E-state index contributed by atoms with van der Waals surface area (Å²) in [4.78, 5) is 25.9. The van der Waals surface area contributed by atoms with E-state index in [1.54, 1.807) is 18.2 Å². The molecule has 3 rings (SSSR count). The normalized spacial score (nSPS) is 17.5. The van der Waals surface area contributed by atoms with E-state index in [2.05, 4.69) is 0 Å². The molecule has 2 heterocycles. The lowest BCUT2D eigenvalue weighted by Gasteiger charge is -2.23. The number of carbonyl (C=O) groups is 2. The standard InChI is InChI=1S/C17H13NO4S2/c19-15-14(10-12-7-4-8-22-12)24-17(23)18(15)13(16(20)21)9-11-5-2-1-3-6-11/h1-8,10,13H,9H2,(H,20,21)/b14-10+/t13-/m1/s1. The van der Waals surface area contributed by atoms with Crippen LogP contribution < -0.4 is 0 Å². The Labute approximate surface area is 148 Å². The van der Waals surface area contributed by atoms with Crippen LogP contribution in [0, 0.1) is 0 Å². The molecule has 1 atom stereocenters. The topological polar surface area (TPSA) is 70.8 Å². The molecule has 0 bridgehead atoms. The third-order valence-corrected chi connectivity index (χ3v) is 4.84. The number of carboxylic acids is 1. The maximum Gasteiger partial charge on any atom is 0.327 e. The second-order valence-electron chi connectivity index (χ2n) is 5.11. The monoisotopic (exact) mass is 359 g/mol. The zero-order valence-corrected chi connectivity index (χ0v) is 14.0. The highest BCUT2D eigenvalue weighted by atomic mass is 32.2. The van der Waals surface area contributed by atoms with Gasteiger partial charge in [-0.25, -0.2) is 4.79 Å². The molecule has 0 saturated carbocycles. The van der Waals surface area contributed by atoms with Gasteiger partial charge in [0.1, 0.15) is 16.1 Å². The van der Waals surface area contributed by atoms with Crippen LogP contribution in [0.4, 0.5) is 0 Å². The quantitative estimate of drug-likeness (QED) is 0.653. The second-order valence-corrected chi connectivity index (χ2v) is 6.79. The van der Waals surface area contributed by atoms with Gasteiger partial charge in [0.05, 0.1) is 11.2 Å². The number of amides is 1. The lowest BCUT2D eigenvalue weighted by Crippen LogP contribution is -2.45. The fraction of sp³-hybridized carbons (Fsp3) is 0.118. The van der Waals surface area contributed by atoms with Crippen molar-refractivity contribution in [3.8, 4) is 0 Å². The Morgan fingerprint density at radius 3 is 2.67 bits per heavy atom. The number of hydrogen-bond donors (Lipinski definition) is 1. The molecule has 7 heteroatoms. The first kappa shape index (κ1) is 16.5. The van der Waals surface area contributed by atoms with E-state index >= 15 is 0 Å². The molecule has 1 aliphatic heterocycles. The molecule has 24 heavy (non-hydrogen) atoms. The van der Waals surface area contributed by atoms with Crippen LogP contribution in [0.3, 0.4) is 0 Å². The number of carbonyl (C=O) groups excluding carboxylic acids is 1. The third-order valence-electron chi connectivity index (χ3n) is 3.51. The number of thiocarbonyl (C=S) groups is 1. The van der Waals surface area contributed by atoms with Crippen LogP contribution in [0.25, 0.3) is 6.08 Å². The molecule has 0 spiro atoms. The SMILES string of the molecule is O=C(O)[C@@H](Cc1ccccc1)N1C(=O)/C(=C\c2ccco2)SC1=S.